The average Bonchev–Trinajstić information content (AvgIpc) is 2.89. The largest absolute Gasteiger partial charge is 0.354 e. The highest BCUT2D eigenvalue weighted by Crippen LogP contribution is 2.30. The van der Waals surface area contributed by atoms with E-state index in [-0.39, 0.29) is 0 Å². The minimum Gasteiger partial charge on any atom is -0.354 e. The lowest BCUT2D eigenvalue weighted by Gasteiger charge is -2.31. The summed E-state index contributed by atoms with van der Waals surface area (Å²) in [7, 11) is 0. The van der Waals surface area contributed by atoms with Gasteiger partial charge in [-0.2, -0.15) is 0 Å². The van der Waals surface area contributed by atoms with Gasteiger partial charge in [0.05, 0.1) is 0 Å². The van der Waals surface area contributed by atoms with E-state index in [1.165, 1.54) is 44.2 Å². The zero-order valence-electron chi connectivity index (χ0n) is 12.2. The molecule has 18 heavy (non-hydrogen) atoms. The van der Waals surface area contributed by atoms with E-state index in [2.05, 4.69) is 49.1 Å². The van der Waals surface area contributed by atoms with Crippen LogP contribution in [0.15, 0.2) is 18.5 Å². The summed E-state index contributed by atoms with van der Waals surface area (Å²) in [5, 5.41) is 3.78. The van der Waals surface area contributed by atoms with E-state index in [1.54, 1.807) is 0 Å². The van der Waals surface area contributed by atoms with Crippen LogP contribution < -0.4 is 5.32 Å². The van der Waals surface area contributed by atoms with Crippen LogP contribution in [0.3, 0.4) is 0 Å². The Balaban J connectivity index is 2.03. The van der Waals surface area contributed by atoms with Crippen molar-refractivity contribution in [2.24, 2.45) is 5.92 Å². The van der Waals surface area contributed by atoms with Crippen LogP contribution >= 0.6 is 0 Å². The van der Waals surface area contributed by atoms with Crippen molar-refractivity contribution in [3.05, 3.63) is 24.0 Å². The topological polar surface area (TPSA) is 17.0 Å². The Kier molecular flexibility index (Phi) is 4.50. The van der Waals surface area contributed by atoms with E-state index in [9.17, 15) is 0 Å². The zero-order valence-corrected chi connectivity index (χ0v) is 12.2. The number of aromatic nitrogens is 1. The molecule has 1 saturated heterocycles. The predicted molar refractivity (Wildman–Crippen MR) is 77.8 cm³/mol. The van der Waals surface area contributed by atoms with E-state index in [4.69, 9.17) is 0 Å². The summed E-state index contributed by atoms with van der Waals surface area (Å²) < 4.78 is 2.33. The van der Waals surface area contributed by atoms with Crippen molar-refractivity contribution in [3.63, 3.8) is 0 Å². The molecule has 0 radical (unpaired) electrons. The molecular weight excluding hydrogens is 220 g/mol. The summed E-state index contributed by atoms with van der Waals surface area (Å²) in [5.41, 5.74) is 1.87. The Morgan fingerprint density at radius 3 is 2.89 bits per heavy atom. The third-order valence-electron chi connectivity index (χ3n) is 3.97. The SMILES string of the molecule is CCCn1ccc(CC2(CC(C)C)CCCN2)c1. The number of nitrogens with one attached hydrogen (secondary N) is 1. The standard InChI is InChI=1S/C16H28N2/c1-4-9-18-10-6-15(13-18)12-16(11-14(2)3)7-5-8-17-16/h6,10,13-14,17H,4-5,7-9,11-12H2,1-3H3. The maximum Gasteiger partial charge on any atom is 0.0225 e. The van der Waals surface area contributed by atoms with Gasteiger partial charge >= 0.3 is 0 Å². The highest BCUT2D eigenvalue weighted by molar-refractivity contribution is 5.16. The van der Waals surface area contributed by atoms with Crippen LogP contribution in [0.5, 0.6) is 0 Å². The van der Waals surface area contributed by atoms with Gasteiger partial charge in [0.25, 0.3) is 0 Å². The van der Waals surface area contributed by atoms with E-state index in [0.717, 1.165) is 12.5 Å². The summed E-state index contributed by atoms with van der Waals surface area (Å²) in [6.45, 7) is 9.25. The zero-order chi connectivity index (χ0) is 13.0. The predicted octanol–water partition coefficient (Wildman–Crippen LogP) is 3.61. The van der Waals surface area contributed by atoms with Crippen LogP contribution in [0.25, 0.3) is 0 Å². The van der Waals surface area contributed by atoms with E-state index >= 15 is 0 Å². The van der Waals surface area contributed by atoms with Crippen molar-refractivity contribution >= 4 is 0 Å². The number of hydrogen-bond donors (Lipinski definition) is 1. The second-order valence-electron chi connectivity index (χ2n) is 6.34. The molecule has 2 nitrogen and oxygen atoms in total. The molecule has 1 N–H and O–H groups in total. The maximum atomic E-state index is 3.78. The Morgan fingerprint density at radius 2 is 2.28 bits per heavy atom. The molecule has 102 valence electrons. The van der Waals surface area contributed by atoms with Gasteiger partial charge < -0.3 is 9.88 Å². The molecule has 2 heteroatoms. The van der Waals surface area contributed by atoms with Crippen molar-refractivity contribution < 1.29 is 0 Å². The third kappa shape index (κ3) is 3.38. The highest BCUT2D eigenvalue weighted by Gasteiger charge is 2.34. The number of hydrogen-bond acceptors (Lipinski definition) is 1. The molecule has 1 aromatic rings. The van der Waals surface area contributed by atoms with Crippen LogP contribution in [-0.4, -0.2) is 16.7 Å². The lowest BCUT2D eigenvalue weighted by molar-refractivity contribution is 0.301. The van der Waals surface area contributed by atoms with Crippen molar-refractivity contribution in [1.29, 1.82) is 0 Å². The molecule has 0 bridgehead atoms. The minimum absolute atomic E-state index is 0.368. The fourth-order valence-corrected chi connectivity index (χ4v) is 3.43. The quantitative estimate of drug-likeness (QED) is 0.814. The Bertz CT molecular complexity index is 359. The minimum atomic E-state index is 0.368. The van der Waals surface area contributed by atoms with Gasteiger partial charge in [-0.3, -0.25) is 0 Å². The number of nitrogens with zero attached hydrogens (tertiary/aromatic N) is 1. The van der Waals surface area contributed by atoms with E-state index in [1.807, 2.05) is 0 Å². The van der Waals surface area contributed by atoms with Gasteiger partial charge in [0, 0.05) is 24.5 Å². The lowest BCUT2D eigenvalue weighted by Crippen LogP contribution is -2.43. The first-order chi connectivity index (χ1) is 8.63. The second-order valence-corrected chi connectivity index (χ2v) is 6.34. The summed E-state index contributed by atoms with van der Waals surface area (Å²) in [5.74, 6) is 0.772. The van der Waals surface area contributed by atoms with Gasteiger partial charge in [0.1, 0.15) is 0 Å². The van der Waals surface area contributed by atoms with Gasteiger partial charge in [0.15, 0.2) is 0 Å². The molecule has 2 heterocycles. The first-order valence-corrected chi connectivity index (χ1v) is 7.53. The fourth-order valence-electron chi connectivity index (χ4n) is 3.43. The average molecular weight is 248 g/mol. The molecule has 1 atom stereocenters. The van der Waals surface area contributed by atoms with Crippen LogP contribution in [0.4, 0.5) is 0 Å². The van der Waals surface area contributed by atoms with Gasteiger partial charge in [-0.1, -0.05) is 20.8 Å². The van der Waals surface area contributed by atoms with Crippen LogP contribution in [0.2, 0.25) is 0 Å². The first-order valence-electron chi connectivity index (χ1n) is 7.53. The summed E-state index contributed by atoms with van der Waals surface area (Å²) in [6.07, 6.45) is 11.0. The van der Waals surface area contributed by atoms with Crippen LogP contribution in [-0.2, 0) is 13.0 Å². The molecule has 0 spiro atoms. The number of aryl methyl sites for hydroxylation is 1. The van der Waals surface area contributed by atoms with Crippen molar-refractivity contribution in [2.75, 3.05) is 6.54 Å². The molecule has 0 aromatic carbocycles. The monoisotopic (exact) mass is 248 g/mol. The lowest BCUT2D eigenvalue weighted by atomic mass is 9.83. The first kappa shape index (κ1) is 13.7. The smallest absolute Gasteiger partial charge is 0.0225 e. The molecule has 0 saturated carbocycles. The summed E-state index contributed by atoms with van der Waals surface area (Å²) in [4.78, 5) is 0. The van der Waals surface area contributed by atoms with E-state index < -0.39 is 0 Å². The molecular formula is C16H28N2. The van der Waals surface area contributed by atoms with Gasteiger partial charge in [0.2, 0.25) is 0 Å². The van der Waals surface area contributed by atoms with Crippen LogP contribution in [0, 0.1) is 5.92 Å². The molecule has 0 aliphatic carbocycles. The Hall–Kier alpha value is -0.760. The fraction of sp³-hybridized carbons (Fsp3) is 0.750. The van der Waals surface area contributed by atoms with Gasteiger partial charge in [-0.25, -0.2) is 0 Å². The molecule has 1 fully saturated rings. The second kappa shape index (κ2) is 5.92. The molecule has 1 aliphatic rings. The summed E-state index contributed by atoms with van der Waals surface area (Å²) in [6, 6.07) is 2.30. The molecule has 2 rings (SSSR count). The highest BCUT2D eigenvalue weighted by atomic mass is 15.0. The number of rotatable bonds is 6. The maximum absolute atomic E-state index is 3.78. The van der Waals surface area contributed by atoms with Crippen molar-refractivity contribution in [2.45, 2.75) is 65.0 Å². The van der Waals surface area contributed by atoms with Crippen molar-refractivity contribution in [1.82, 2.24) is 9.88 Å². The normalized spacial score (nSPS) is 24.0. The molecule has 0 amide bonds. The molecule has 1 aliphatic heterocycles. The Morgan fingerprint density at radius 1 is 1.44 bits per heavy atom. The molecule has 1 unspecified atom stereocenters. The van der Waals surface area contributed by atoms with E-state index in [0.29, 0.717) is 5.54 Å². The third-order valence-corrected chi connectivity index (χ3v) is 3.97. The van der Waals surface area contributed by atoms with Gasteiger partial charge in [-0.05, 0) is 56.2 Å². The molecule has 1 aromatic heterocycles. The van der Waals surface area contributed by atoms with Crippen molar-refractivity contribution in [3.8, 4) is 0 Å². The summed E-state index contributed by atoms with van der Waals surface area (Å²) >= 11 is 0. The van der Waals surface area contributed by atoms with Gasteiger partial charge in [-0.15, -0.1) is 0 Å². The Labute approximate surface area is 112 Å². The van der Waals surface area contributed by atoms with Crippen LogP contribution in [0.1, 0.15) is 52.0 Å².